The molecule has 4 aromatic rings. The number of methoxy groups -OCH3 is 1. The molecule has 6 heteroatoms. The lowest BCUT2D eigenvalue weighted by Gasteiger charge is -2.05. The van der Waals surface area contributed by atoms with E-state index >= 15 is 0 Å². The fraction of sp³-hybridized carbons (Fsp3) is 0.0833. The standard InChI is InChI=1S/C24H20FN3O2/c1-30-21-12-8-18(9-13-21)24(29)27-26-14-19-16-28(23-5-3-2-4-22(19)23)15-17-6-10-20(25)11-7-17/h2-14,16H,15H2,1H3,(H,27,29)/b26-14-. The van der Waals surface area contributed by atoms with Crippen molar-refractivity contribution >= 4 is 23.0 Å². The van der Waals surface area contributed by atoms with Crippen LogP contribution in [-0.4, -0.2) is 23.8 Å². The topological polar surface area (TPSA) is 55.6 Å². The highest BCUT2D eigenvalue weighted by molar-refractivity contribution is 6.00. The van der Waals surface area contributed by atoms with Gasteiger partial charge in [-0.25, -0.2) is 9.82 Å². The summed E-state index contributed by atoms with van der Waals surface area (Å²) in [4.78, 5) is 12.3. The van der Waals surface area contributed by atoms with Crippen LogP contribution in [0.2, 0.25) is 0 Å². The molecule has 0 bridgehead atoms. The third-order valence-corrected chi connectivity index (χ3v) is 4.81. The van der Waals surface area contributed by atoms with Crippen molar-refractivity contribution in [3.8, 4) is 5.75 Å². The highest BCUT2D eigenvalue weighted by Crippen LogP contribution is 2.21. The van der Waals surface area contributed by atoms with Gasteiger partial charge in [0.25, 0.3) is 5.91 Å². The number of benzene rings is 3. The molecule has 0 radical (unpaired) electrons. The van der Waals surface area contributed by atoms with E-state index in [2.05, 4.69) is 15.1 Å². The monoisotopic (exact) mass is 401 g/mol. The van der Waals surface area contributed by atoms with Gasteiger partial charge in [0.15, 0.2) is 0 Å². The molecule has 1 amide bonds. The third-order valence-electron chi connectivity index (χ3n) is 4.81. The Labute approximate surface area is 173 Å². The van der Waals surface area contributed by atoms with Crippen molar-refractivity contribution < 1.29 is 13.9 Å². The number of para-hydroxylation sites is 1. The number of amides is 1. The summed E-state index contributed by atoms with van der Waals surface area (Å²) in [7, 11) is 1.58. The quantitative estimate of drug-likeness (QED) is 0.379. The number of aromatic nitrogens is 1. The van der Waals surface area contributed by atoms with Crippen LogP contribution in [0.4, 0.5) is 4.39 Å². The van der Waals surface area contributed by atoms with Gasteiger partial charge < -0.3 is 9.30 Å². The van der Waals surface area contributed by atoms with Crippen LogP contribution in [0.25, 0.3) is 10.9 Å². The summed E-state index contributed by atoms with van der Waals surface area (Å²) in [5, 5.41) is 5.14. The Hall–Kier alpha value is -3.93. The Morgan fingerprint density at radius 3 is 2.53 bits per heavy atom. The maximum absolute atomic E-state index is 13.2. The van der Waals surface area contributed by atoms with Gasteiger partial charge >= 0.3 is 0 Å². The molecule has 5 nitrogen and oxygen atoms in total. The molecule has 1 aromatic heterocycles. The highest BCUT2D eigenvalue weighted by Gasteiger charge is 2.08. The summed E-state index contributed by atoms with van der Waals surface area (Å²) in [5.74, 6) is 0.129. The fourth-order valence-corrected chi connectivity index (χ4v) is 3.26. The summed E-state index contributed by atoms with van der Waals surface area (Å²) >= 11 is 0. The van der Waals surface area contributed by atoms with Gasteiger partial charge in [-0.2, -0.15) is 5.10 Å². The number of fused-ring (bicyclic) bond motifs is 1. The molecular weight excluding hydrogens is 381 g/mol. The molecular formula is C24H20FN3O2. The molecule has 30 heavy (non-hydrogen) atoms. The van der Waals surface area contributed by atoms with Gasteiger partial charge in [-0.1, -0.05) is 30.3 Å². The summed E-state index contributed by atoms with van der Waals surface area (Å²) in [6.45, 7) is 0.604. The zero-order valence-corrected chi connectivity index (χ0v) is 16.4. The molecule has 0 unspecified atom stereocenters. The van der Waals surface area contributed by atoms with Crippen molar-refractivity contribution in [3.63, 3.8) is 0 Å². The Bertz CT molecular complexity index is 1200. The molecule has 0 fully saturated rings. The zero-order chi connectivity index (χ0) is 20.9. The van der Waals surface area contributed by atoms with Crippen molar-refractivity contribution in [3.05, 3.63) is 102 Å². The van der Waals surface area contributed by atoms with Gasteiger partial charge in [0, 0.05) is 34.8 Å². The van der Waals surface area contributed by atoms with Gasteiger partial charge in [-0.3, -0.25) is 4.79 Å². The molecule has 0 spiro atoms. The Kier molecular flexibility index (Phi) is 5.57. The molecule has 3 aromatic carbocycles. The van der Waals surface area contributed by atoms with Gasteiger partial charge in [0.05, 0.1) is 13.3 Å². The molecule has 1 N–H and O–H groups in total. The second-order valence-corrected chi connectivity index (χ2v) is 6.78. The number of hydrazone groups is 1. The number of nitrogens with zero attached hydrogens (tertiary/aromatic N) is 2. The summed E-state index contributed by atoms with van der Waals surface area (Å²) in [5.41, 5.74) is 5.95. The molecule has 0 saturated heterocycles. The van der Waals surface area contributed by atoms with Crippen LogP contribution in [0.5, 0.6) is 5.75 Å². The van der Waals surface area contributed by atoms with E-state index < -0.39 is 0 Å². The van der Waals surface area contributed by atoms with Crippen molar-refractivity contribution in [2.45, 2.75) is 6.54 Å². The minimum Gasteiger partial charge on any atom is -0.497 e. The maximum atomic E-state index is 13.2. The van der Waals surface area contributed by atoms with E-state index in [4.69, 9.17) is 4.74 Å². The Balaban J connectivity index is 1.53. The predicted octanol–water partition coefficient (Wildman–Crippen LogP) is 4.60. The van der Waals surface area contributed by atoms with E-state index in [1.165, 1.54) is 12.1 Å². The van der Waals surface area contributed by atoms with E-state index in [0.29, 0.717) is 17.9 Å². The van der Waals surface area contributed by atoms with Crippen LogP contribution in [0.15, 0.2) is 84.1 Å². The number of hydrogen-bond acceptors (Lipinski definition) is 3. The van der Waals surface area contributed by atoms with Gasteiger partial charge in [0.2, 0.25) is 0 Å². The molecule has 1 heterocycles. The van der Waals surface area contributed by atoms with Crippen LogP contribution in [0, 0.1) is 5.82 Å². The van der Waals surface area contributed by atoms with E-state index in [0.717, 1.165) is 22.0 Å². The van der Waals surface area contributed by atoms with Crippen LogP contribution in [-0.2, 0) is 6.54 Å². The second-order valence-electron chi connectivity index (χ2n) is 6.78. The largest absolute Gasteiger partial charge is 0.497 e. The third kappa shape index (κ3) is 4.22. The number of nitrogens with one attached hydrogen (secondary N) is 1. The number of hydrogen-bond donors (Lipinski definition) is 1. The molecule has 0 aliphatic heterocycles. The molecule has 0 aliphatic rings. The van der Waals surface area contributed by atoms with Crippen molar-refractivity contribution in [1.82, 2.24) is 9.99 Å². The molecule has 0 atom stereocenters. The first-order chi connectivity index (χ1) is 14.6. The van der Waals surface area contributed by atoms with Crippen LogP contribution >= 0.6 is 0 Å². The number of rotatable bonds is 6. The summed E-state index contributed by atoms with van der Waals surface area (Å²) in [6.07, 6.45) is 3.60. The minimum atomic E-state index is -0.302. The van der Waals surface area contributed by atoms with Crippen LogP contribution in [0.1, 0.15) is 21.5 Å². The van der Waals surface area contributed by atoms with E-state index in [9.17, 15) is 9.18 Å². The molecule has 0 aliphatic carbocycles. The highest BCUT2D eigenvalue weighted by atomic mass is 19.1. The first-order valence-electron chi connectivity index (χ1n) is 9.44. The second kappa shape index (κ2) is 8.61. The lowest BCUT2D eigenvalue weighted by atomic mass is 10.2. The lowest BCUT2D eigenvalue weighted by Crippen LogP contribution is -2.17. The van der Waals surface area contributed by atoms with Crippen molar-refractivity contribution in [2.75, 3.05) is 7.11 Å². The van der Waals surface area contributed by atoms with Crippen molar-refractivity contribution in [2.24, 2.45) is 5.10 Å². The Morgan fingerprint density at radius 2 is 1.80 bits per heavy atom. The Morgan fingerprint density at radius 1 is 1.07 bits per heavy atom. The molecule has 4 rings (SSSR count). The van der Waals surface area contributed by atoms with E-state index in [1.807, 2.05) is 30.5 Å². The lowest BCUT2D eigenvalue weighted by molar-refractivity contribution is 0.0955. The van der Waals surface area contributed by atoms with Gasteiger partial charge in [-0.05, 0) is 48.0 Å². The van der Waals surface area contributed by atoms with Gasteiger partial charge in [0.1, 0.15) is 11.6 Å². The van der Waals surface area contributed by atoms with Gasteiger partial charge in [-0.15, -0.1) is 0 Å². The zero-order valence-electron chi connectivity index (χ0n) is 16.4. The predicted molar refractivity (Wildman–Crippen MR) is 115 cm³/mol. The average Bonchev–Trinajstić information content (AvgIpc) is 3.13. The van der Waals surface area contributed by atoms with Crippen LogP contribution in [0.3, 0.4) is 0 Å². The number of carbonyl (C=O) groups excluding carboxylic acids is 1. The normalized spacial score (nSPS) is 11.1. The number of halogens is 1. The number of ether oxygens (including phenoxy) is 1. The fourth-order valence-electron chi connectivity index (χ4n) is 3.26. The smallest absolute Gasteiger partial charge is 0.271 e. The van der Waals surface area contributed by atoms with E-state index in [-0.39, 0.29) is 11.7 Å². The first kappa shape index (κ1) is 19.4. The van der Waals surface area contributed by atoms with E-state index in [1.54, 1.807) is 49.7 Å². The minimum absolute atomic E-state index is 0.253. The van der Waals surface area contributed by atoms with Crippen molar-refractivity contribution in [1.29, 1.82) is 0 Å². The molecule has 150 valence electrons. The SMILES string of the molecule is COc1ccc(C(=O)N/N=C\c2cn(Cc3ccc(F)cc3)c3ccccc23)cc1. The summed E-state index contributed by atoms with van der Waals surface area (Å²) < 4.78 is 20.4. The molecule has 0 saturated carbocycles. The maximum Gasteiger partial charge on any atom is 0.271 e. The van der Waals surface area contributed by atoms with Crippen LogP contribution < -0.4 is 10.2 Å². The number of carbonyl (C=O) groups is 1. The average molecular weight is 401 g/mol. The first-order valence-corrected chi connectivity index (χ1v) is 9.44. The summed E-state index contributed by atoms with van der Waals surface area (Å²) in [6, 6.07) is 21.2.